The number of aliphatic imine (C=N–C) groups is 1. The topological polar surface area (TPSA) is 38.7 Å². The van der Waals surface area contributed by atoms with E-state index in [4.69, 9.17) is 4.74 Å². The summed E-state index contributed by atoms with van der Waals surface area (Å²) in [6.45, 7) is 0.360. The number of hydrogen-bond acceptors (Lipinski definition) is 3. The standard InChI is InChI=1S/C14H13F2NO2/c15-10-7-11-9(3-6-19-11)13(16)12(10)14(17-8-18)4-1-2-5-14/h7H,1-6H2. The number of benzene rings is 1. The van der Waals surface area contributed by atoms with Crippen molar-refractivity contribution in [2.24, 2.45) is 4.99 Å². The maximum atomic E-state index is 14.5. The molecule has 0 bridgehead atoms. The summed E-state index contributed by atoms with van der Waals surface area (Å²) in [5.41, 5.74) is -0.769. The van der Waals surface area contributed by atoms with Crippen molar-refractivity contribution in [1.82, 2.24) is 0 Å². The Hall–Kier alpha value is -1.74. The van der Waals surface area contributed by atoms with Crippen molar-refractivity contribution >= 4 is 6.08 Å². The number of hydrogen-bond donors (Lipinski definition) is 0. The van der Waals surface area contributed by atoms with E-state index in [1.165, 1.54) is 12.1 Å². The molecule has 100 valence electrons. The van der Waals surface area contributed by atoms with Crippen LogP contribution >= 0.6 is 0 Å². The van der Waals surface area contributed by atoms with Crippen molar-refractivity contribution in [2.75, 3.05) is 6.61 Å². The molecule has 1 aromatic carbocycles. The molecule has 0 saturated heterocycles. The summed E-state index contributed by atoms with van der Waals surface area (Å²) in [7, 11) is 0. The van der Waals surface area contributed by atoms with E-state index in [-0.39, 0.29) is 11.3 Å². The van der Waals surface area contributed by atoms with Gasteiger partial charge in [-0.2, -0.15) is 4.99 Å². The molecular weight excluding hydrogens is 252 g/mol. The van der Waals surface area contributed by atoms with Gasteiger partial charge in [0, 0.05) is 18.1 Å². The van der Waals surface area contributed by atoms with Gasteiger partial charge in [0.05, 0.1) is 12.2 Å². The molecule has 1 fully saturated rings. The van der Waals surface area contributed by atoms with Gasteiger partial charge in [-0.25, -0.2) is 13.6 Å². The Morgan fingerprint density at radius 3 is 2.74 bits per heavy atom. The van der Waals surface area contributed by atoms with Crippen molar-refractivity contribution < 1.29 is 18.3 Å². The molecule has 0 unspecified atom stereocenters. The summed E-state index contributed by atoms with van der Waals surface area (Å²) in [6, 6.07) is 1.21. The van der Waals surface area contributed by atoms with Crippen molar-refractivity contribution in [3.8, 4) is 5.75 Å². The molecular formula is C14H13F2NO2. The summed E-state index contributed by atoms with van der Waals surface area (Å²) in [6.07, 6.45) is 4.48. The van der Waals surface area contributed by atoms with E-state index < -0.39 is 17.2 Å². The van der Waals surface area contributed by atoms with Gasteiger partial charge in [-0.3, -0.25) is 0 Å². The van der Waals surface area contributed by atoms with Crippen LogP contribution in [0.1, 0.15) is 36.8 Å². The minimum absolute atomic E-state index is 0.0856. The molecule has 0 N–H and O–H groups in total. The summed E-state index contributed by atoms with van der Waals surface area (Å²) in [5.74, 6) is -1.02. The van der Waals surface area contributed by atoms with E-state index in [0.717, 1.165) is 12.8 Å². The van der Waals surface area contributed by atoms with Crippen LogP contribution in [0.5, 0.6) is 5.75 Å². The van der Waals surface area contributed by atoms with Gasteiger partial charge in [0.25, 0.3) is 0 Å². The van der Waals surface area contributed by atoms with E-state index in [1.54, 1.807) is 0 Å². The zero-order valence-corrected chi connectivity index (χ0v) is 10.3. The first-order valence-electron chi connectivity index (χ1n) is 6.41. The Morgan fingerprint density at radius 2 is 2.05 bits per heavy atom. The van der Waals surface area contributed by atoms with Crippen LogP contribution in [0, 0.1) is 11.6 Å². The highest BCUT2D eigenvalue weighted by atomic mass is 19.1. The van der Waals surface area contributed by atoms with Crippen molar-refractivity contribution in [1.29, 1.82) is 0 Å². The number of nitrogens with zero attached hydrogens (tertiary/aromatic N) is 1. The molecule has 0 radical (unpaired) electrons. The van der Waals surface area contributed by atoms with E-state index in [0.29, 0.717) is 31.4 Å². The van der Waals surface area contributed by atoms with Crippen LogP contribution in [0.3, 0.4) is 0 Å². The minimum Gasteiger partial charge on any atom is -0.493 e. The quantitative estimate of drug-likeness (QED) is 0.609. The van der Waals surface area contributed by atoms with Crippen molar-refractivity contribution in [2.45, 2.75) is 37.6 Å². The van der Waals surface area contributed by atoms with Gasteiger partial charge in [-0.15, -0.1) is 0 Å². The molecule has 3 rings (SSSR count). The second-order valence-electron chi connectivity index (χ2n) is 5.06. The highest BCUT2D eigenvalue weighted by Crippen LogP contribution is 2.46. The lowest BCUT2D eigenvalue weighted by Crippen LogP contribution is -2.23. The molecule has 5 heteroatoms. The first-order valence-corrected chi connectivity index (χ1v) is 6.41. The van der Waals surface area contributed by atoms with Crippen LogP contribution in [-0.2, 0) is 16.8 Å². The van der Waals surface area contributed by atoms with E-state index >= 15 is 0 Å². The van der Waals surface area contributed by atoms with Gasteiger partial charge in [0.15, 0.2) is 0 Å². The number of isocyanates is 1. The van der Waals surface area contributed by atoms with E-state index in [9.17, 15) is 13.6 Å². The third-order valence-electron chi connectivity index (χ3n) is 4.04. The largest absolute Gasteiger partial charge is 0.493 e. The Kier molecular flexibility index (Phi) is 2.86. The van der Waals surface area contributed by atoms with Crippen LogP contribution in [0.2, 0.25) is 0 Å². The lowest BCUT2D eigenvalue weighted by atomic mass is 9.86. The first kappa shape index (κ1) is 12.3. The zero-order chi connectivity index (χ0) is 13.5. The van der Waals surface area contributed by atoms with Crippen LogP contribution < -0.4 is 4.74 Å². The molecule has 1 aliphatic carbocycles. The molecule has 3 nitrogen and oxygen atoms in total. The maximum absolute atomic E-state index is 14.5. The molecule has 19 heavy (non-hydrogen) atoms. The van der Waals surface area contributed by atoms with E-state index in [2.05, 4.69) is 4.99 Å². The van der Waals surface area contributed by atoms with Gasteiger partial charge in [0.2, 0.25) is 6.08 Å². The fraction of sp³-hybridized carbons (Fsp3) is 0.500. The lowest BCUT2D eigenvalue weighted by molar-refractivity contribution is 0.353. The number of fused-ring (bicyclic) bond motifs is 1. The molecule has 0 spiro atoms. The number of ether oxygens (including phenoxy) is 1. The fourth-order valence-electron chi connectivity index (χ4n) is 3.15. The predicted molar refractivity (Wildman–Crippen MR) is 63.8 cm³/mol. The fourth-order valence-corrected chi connectivity index (χ4v) is 3.15. The minimum atomic E-state index is -1.08. The summed E-state index contributed by atoms with van der Waals surface area (Å²) in [5, 5.41) is 0. The smallest absolute Gasteiger partial charge is 0.235 e. The Labute approximate surface area is 109 Å². The number of carbonyl (C=O) groups excluding carboxylic acids is 1. The first-order chi connectivity index (χ1) is 9.18. The zero-order valence-electron chi connectivity index (χ0n) is 10.3. The second-order valence-corrected chi connectivity index (χ2v) is 5.06. The van der Waals surface area contributed by atoms with Crippen LogP contribution in [0.25, 0.3) is 0 Å². The number of rotatable bonds is 2. The normalized spacial score (nSPS) is 19.7. The molecule has 1 aromatic rings. The predicted octanol–water partition coefficient (Wildman–Crippen LogP) is 3.00. The van der Waals surface area contributed by atoms with Gasteiger partial charge in [0.1, 0.15) is 22.9 Å². The summed E-state index contributed by atoms with van der Waals surface area (Å²) < 4.78 is 33.9. The van der Waals surface area contributed by atoms with Crippen molar-refractivity contribution in [3.05, 3.63) is 28.8 Å². The third-order valence-corrected chi connectivity index (χ3v) is 4.04. The van der Waals surface area contributed by atoms with Crippen LogP contribution in [-0.4, -0.2) is 12.7 Å². The number of halogens is 2. The SMILES string of the molecule is O=C=NC1(c2c(F)cc3c(c2F)CCO3)CCCC1. The van der Waals surface area contributed by atoms with Crippen LogP contribution in [0.15, 0.2) is 11.1 Å². The highest BCUT2D eigenvalue weighted by molar-refractivity contribution is 5.47. The molecule has 2 aliphatic rings. The average molecular weight is 265 g/mol. The van der Waals surface area contributed by atoms with Gasteiger partial charge in [-0.1, -0.05) is 12.8 Å². The van der Waals surface area contributed by atoms with E-state index in [1.807, 2.05) is 0 Å². The van der Waals surface area contributed by atoms with Gasteiger partial charge in [-0.05, 0) is 12.8 Å². The summed E-state index contributed by atoms with van der Waals surface area (Å²) in [4.78, 5) is 14.4. The molecule has 1 heterocycles. The molecule has 1 saturated carbocycles. The van der Waals surface area contributed by atoms with Crippen LogP contribution in [0.4, 0.5) is 8.78 Å². The summed E-state index contributed by atoms with van der Waals surface area (Å²) >= 11 is 0. The lowest BCUT2D eigenvalue weighted by Gasteiger charge is -2.24. The monoisotopic (exact) mass is 265 g/mol. The molecule has 1 aliphatic heterocycles. The average Bonchev–Trinajstić information content (AvgIpc) is 2.99. The molecule has 0 aromatic heterocycles. The van der Waals surface area contributed by atoms with Gasteiger partial charge < -0.3 is 4.74 Å². The Bertz CT molecular complexity index is 573. The van der Waals surface area contributed by atoms with Gasteiger partial charge >= 0.3 is 0 Å². The second kappa shape index (κ2) is 4.42. The Balaban J connectivity index is 2.22. The maximum Gasteiger partial charge on any atom is 0.235 e. The molecule has 0 amide bonds. The Morgan fingerprint density at radius 1 is 1.32 bits per heavy atom. The molecule has 0 atom stereocenters. The third kappa shape index (κ3) is 1.77. The highest BCUT2D eigenvalue weighted by Gasteiger charge is 2.42. The van der Waals surface area contributed by atoms with Crippen molar-refractivity contribution in [3.63, 3.8) is 0 Å².